The quantitative estimate of drug-likeness (QED) is 0.831. The Morgan fingerprint density at radius 1 is 1.59 bits per heavy atom. The Bertz CT molecular complexity index is 422. The molecule has 0 bridgehead atoms. The molecular weight excluding hydrogens is 232 g/mol. The molecule has 1 aliphatic rings. The van der Waals surface area contributed by atoms with Crippen LogP contribution in [0.25, 0.3) is 0 Å². The van der Waals surface area contributed by atoms with Crippen molar-refractivity contribution in [2.75, 3.05) is 19.4 Å². The lowest BCUT2D eigenvalue weighted by Gasteiger charge is -2.14. The van der Waals surface area contributed by atoms with Crippen molar-refractivity contribution in [3.05, 3.63) is 23.8 Å². The number of thioether (sulfide) groups is 1. The van der Waals surface area contributed by atoms with Crippen molar-refractivity contribution >= 4 is 11.8 Å². The lowest BCUT2D eigenvalue weighted by molar-refractivity contribution is 0.276. The number of rotatable bonds is 4. The summed E-state index contributed by atoms with van der Waals surface area (Å²) in [5.41, 5.74) is 0.651. The number of nitrogens with one attached hydrogen (secondary N) is 1. The fourth-order valence-corrected chi connectivity index (χ4v) is 2.57. The summed E-state index contributed by atoms with van der Waals surface area (Å²) in [4.78, 5) is 0.976. The van der Waals surface area contributed by atoms with E-state index in [0.717, 1.165) is 17.9 Å². The summed E-state index contributed by atoms with van der Waals surface area (Å²) in [6, 6.07) is 8.41. The first-order chi connectivity index (χ1) is 8.35. The molecule has 0 radical (unpaired) electrons. The van der Waals surface area contributed by atoms with Gasteiger partial charge in [-0.2, -0.15) is 5.26 Å². The van der Waals surface area contributed by atoms with Crippen LogP contribution in [-0.2, 0) is 0 Å². The van der Waals surface area contributed by atoms with Crippen molar-refractivity contribution in [2.45, 2.75) is 23.8 Å². The van der Waals surface area contributed by atoms with Crippen LogP contribution in [0.2, 0.25) is 0 Å². The van der Waals surface area contributed by atoms with Crippen molar-refractivity contribution in [3.63, 3.8) is 0 Å². The summed E-state index contributed by atoms with van der Waals surface area (Å²) in [7, 11) is 0. The Labute approximate surface area is 106 Å². The Morgan fingerprint density at radius 3 is 3.12 bits per heavy atom. The fraction of sp³-hybridized carbons (Fsp3) is 0.462. The molecule has 1 N–H and O–H groups in total. The molecule has 3 nitrogen and oxygen atoms in total. The Morgan fingerprint density at radius 2 is 2.47 bits per heavy atom. The van der Waals surface area contributed by atoms with Crippen LogP contribution in [0.4, 0.5) is 0 Å². The summed E-state index contributed by atoms with van der Waals surface area (Å²) >= 11 is 1.57. The average Bonchev–Trinajstić information content (AvgIpc) is 2.88. The van der Waals surface area contributed by atoms with Crippen LogP contribution < -0.4 is 10.1 Å². The molecule has 1 heterocycles. The highest BCUT2D eigenvalue weighted by Gasteiger charge is 2.16. The molecule has 2 rings (SSSR count). The molecule has 0 spiro atoms. The van der Waals surface area contributed by atoms with Gasteiger partial charge in [0.05, 0.1) is 0 Å². The van der Waals surface area contributed by atoms with Crippen LogP contribution in [0.1, 0.15) is 18.4 Å². The van der Waals surface area contributed by atoms with E-state index in [2.05, 4.69) is 11.4 Å². The van der Waals surface area contributed by atoms with Gasteiger partial charge in [0.2, 0.25) is 0 Å². The lowest BCUT2D eigenvalue weighted by Crippen LogP contribution is -2.28. The number of hydrogen-bond donors (Lipinski definition) is 1. The Kier molecular flexibility index (Phi) is 4.29. The number of ether oxygens (including phenoxy) is 1. The van der Waals surface area contributed by atoms with E-state index in [4.69, 9.17) is 10.00 Å². The minimum Gasteiger partial charge on any atom is -0.491 e. The van der Waals surface area contributed by atoms with Gasteiger partial charge in [-0.3, -0.25) is 0 Å². The molecule has 1 aromatic rings. The largest absolute Gasteiger partial charge is 0.491 e. The van der Waals surface area contributed by atoms with Crippen molar-refractivity contribution in [1.29, 1.82) is 5.26 Å². The molecule has 1 unspecified atom stereocenters. The van der Waals surface area contributed by atoms with Gasteiger partial charge in [-0.25, -0.2) is 0 Å². The normalized spacial score (nSPS) is 18.9. The molecular formula is C13H16N2OS. The molecule has 1 fully saturated rings. The molecule has 4 heteroatoms. The van der Waals surface area contributed by atoms with Crippen LogP contribution >= 0.6 is 11.8 Å². The van der Waals surface area contributed by atoms with Gasteiger partial charge in [0.25, 0.3) is 0 Å². The smallest absolute Gasteiger partial charge is 0.138 e. The van der Waals surface area contributed by atoms with Gasteiger partial charge in [-0.15, -0.1) is 11.8 Å². The maximum Gasteiger partial charge on any atom is 0.138 e. The van der Waals surface area contributed by atoms with Gasteiger partial charge in [-0.05, 0) is 37.8 Å². The zero-order chi connectivity index (χ0) is 12.1. The molecule has 1 atom stereocenters. The van der Waals surface area contributed by atoms with Gasteiger partial charge < -0.3 is 10.1 Å². The first-order valence-electron chi connectivity index (χ1n) is 5.78. The zero-order valence-electron chi connectivity index (χ0n) is 9.90. The standard InChI is InChI=1S/C13H16N2OS/c1-17-13-6-2-5-12(11(13)8-14)16-9-10-4-3-7-15-10/h2,5-6,10,15H,3-4,7,9H2,1H3. The minimum atomic E-state index is 0.430. The highest BCUT2D eigenvalue weighted by molar-refractivity contribution is 7.98. The monoisotopic (exact) mass is 248 g/mol. The molecule has 0 aliphatic carbocycles. The van der Waals surface area contributed by atoms with Gasteiger partial charge in [0, 0.05) is 10.9 Å². The maximum absolute atomic E-state index is 9.16. The van der Waals surface area contributed by atoms with Crippen molar-refractivity contribution in [1.82, 2.24) is 5.32 Å². The van der Waals surface area contributed by atoms with E-state index in [1.54, 1.807) is 11.8 Å². The molecule has 1 aromatic carbocycles. The molecule has 90 valence electrons. The van der Waals surface area contributed by atoms with E-state index in [0.29, 0.717) is 24.0 Å². The molecule has 0 aromatic heterocycles. The predicted molar refractivity (Wildman–Crippen MR) is 69.5 cm³/mol. The van der Waals surface area contributed by atoms with E-state index in [9.17, 15) is 0 Å². The maximum atomic E-state index is 9.16. The van der Waals surface area contributed by atoms with Gasteiger partial charge in [0.1, 0.15) is 24.0 Å². The first kappa shape index (κ1) is 12.3. The molecule has 17 heavy (non-hydrogen) atoms. The van der Waals surface area contributed by atoms with Crippen LogP contribution in [0.5, 0.6) is 5.75 Å². The summed E-state index contributed by atoms with van der Waals surface area (Å²) in [5.74, 6) is 0.702. The lowest BCUT2D eigenvalue weighted by atomic mass is 10.2. The third-order valence-corrected chi connectivity index (χ3v) is 3.70. The molecule has 1 aliphatic heterocycles. The van der Waals surface area contributed by atoms with Crippen molar-refractivity contribution in [2.24, 2.45) is 0 Å². The zero-order valence-corrected chi connectivity index (χ0v) is 10.7. The Hall–Kier alpha value is -1.18. The SMILES string of the molecule is CSc1cccc(OCC2CCCN2)c1C#N. The third-order valence-electron chi connectivity index (χ3n) is 2.92. The third kappa shape index (κ3) is 2.93. The topological polar surface area (TPSA) is 45.0 Å². The van der Waals surface area contributed by atoms with E-state index in [1.807, 2.05) is 24.5 Å². The predicted octanol–water partition coefficient (Wildman–Crippen LogP) is 2.41. The molecule has 0 saturated carbocycles. The van der Waals surface area contributed by atoms with Crippen LogP contribution in [0.15, 0.2) is 23.1 Å². The molecule has 1 saturated heterocycles. The second-order valence-electron chi connectivity index (χ2n) is 4.05. The minimum absolute atomic E-state index is 0.430. The second kappa shape index (κ2) is 5.95. The first-order valence-corrected chi connectivity index (χ1v) is 7.01. The van der Waals surface area contributed by atoms with E-state index in [-0.39, 0.29) is 0 Å². The second-order valence-corrected chi connectivity index (χ2v) is 4.90. The van der Waals surface area contributed by atoms with E-state index >= 15 is 0 Å². The number of nitrogens with zero attached hydrogens (tertiary/aromatic N) is 1. The number of hydrogen-bond acceptors (Lipinski definition) is 4. The van der Waals surface area contributed by atoms with Crippen LogP contribution in [0.3, 0.4) is 0 Å². The Balaban J connectivity index is 2.07. The summed E-state index contributed by atoms with van der Waals surface area (Å²) in [5, 5.41) is 12.5. The fourth-order valence-electron chi connectivity index (χ4n) is 2.00. The summed E-state index contributed by atoms with van der Waals surface area (Å²) in [6.45, 7) is 1.72. The van der Waals surface area contributed by atoms with Gasteiger partial charge in [0.15, 0.2) is 0 Å². The highest BCUT2D eigenvalue weighted by atomic mass is 32.2. The van der Waals surface area contributed by atoms with E-state index in [1.165, 1.54) is 6.42 Å². The van der Waals surface area contributed by atoms with Gasteiger partial charge >= 0.3 is 0 Å². The molecule has 0 amide bonds. The number of nitriles is 1. The van der Waals surface area contributed by atoms with E-state index < -0.39 is 0 Å². The van der Waals surface area contributed by atoms with Crippen LogP contribution in [0, 0.1) is 11.3 Å². The highest BCUT2D eigenvalue weighted by Crippen LogP contribution is 2.28. The van der Waals surface area contributed by atoms with Crippen molar-refractivity contribution in [3.8, 4) is 11.8 Å². The van der Waals surface area contributed by atoms with Crippen LogP contribution in [-0.4, -0.2) is 25.4 Å². The summed E-state index contributed by atoms with van der Waals surface area (Å²) < 4.78 is 5.76. The van der Waals surface area contributed by atoms with Gasteiger partial charge in [-0.1, -0.05) is 6.07 Å². The summed E-state index contributed by atoms with van der Waals surface area (Å²) in [6.07, 6.45) is 4.34. The number of benzene rings is 1. The average molecular weight is 248 g/mol. The van der Waals surface area contributed by atoms with Crippen molar-refractivity contribution < 1.29 is 4.74 Å².